The van der Waals surface area contributed by atoms with Crippen LogP contribution in [0.1, 0.15) is 5.56 Å². The summed E-state index contributed by atoms with van der Waals surface area (Å²) in [5.41, 5.74) is -0.795. The summed E-state index contributed by atoms with van der Waals surface area (Å²) in [5.74, 6) is 0. The number of hydrogen-bond donors (Lipinski definition) is 0. The summed E-state index contributed by atoms with van der Waals surface area (Å²) in [6, 6.07) is 4.82. The Morgan fingerprint density at radius 1 is 1.25 bits per heavy atom. The van der Waals surface area contributed by atoms with Gasteiger partial charge >= 0.3 is 6.18 Å². The lowest BCUT2D eigenvalue weighted by Crippen LogP contribution is -2.06. The minimum atomic E-state index is -4.36. The maximum atomic E-state index is 12.1. The van der Waals surface area contributed by atoms with E-state index < -0.39 is 11.7 Å². The van der Waals surface area contributed by atoms with Gasteiger partial charge in [-0.25, -0.2) is 0 Å². The monoisotopic (exact) mass is 301 g/mol. The Morgan fingerprint density at radius 3 is 2.25 bits per heavy atom. The van der Waals surface area contributed by atoms with Crippen LogP contribution in [0.2, 0.25) is 0 Å². The molecule has 0 heterocycles. The quantitative estimate of drug-likeness (QED) is 0.679. The van der Waals surface area contributed by atoms with E-state index in [0.29, 0.717) is 4.47 Å². The minimum absolute atomic E-state index is 0.0162. The van der Waals surface area contributed by atoms with E-state index in [4.69, 9.17) is 0 Å². The Hall–Kier alpha value is -0.0300. The lowest BCUT2D eigenvalue weighted by molar-refractivity contribution is -0.138. The van der Waals surface area contributed by atoms with Gasteiger partial charge in [0, 0.05) is 8.95 Å². The largest absolute Gasteiger partial charge is 0.418 e. The van der Waals surface area contributed by atoms with Gasteiger partial charge < -0.3 is 0 Å². The summed E-state index contributed by atoms with van der Waals surface area (Å²) in [6.45, 7) is 0. The third-order valence-electron chi connectivity index (χ3n) is 1.17. The van der Waals surface area contributed by atoms with Crippen molar-refractivity contribution in [1.82, 2.24) is 0 Å². The molecule has 1 rings (SSSR count). The fourth-order valence-electron chi connectivity index (χ4n) is 0.660. The molecule has 0 saturated heterocycles. The van der Waals surface area contributed by atoms with E-state index in [-0.39, 0.29) is 4.47 Å². The lowest BCUT2D eigenvalue weighted by Gasteiger charge is -2.08. The zero-order chi connectivity index (χ0) is 9.35. The third kappa shape index (κ3) is 2.01. The molecule has 5 heteroatoms. The molecule has 0 nitrogen and oxygen atoms in total. The standard InChI is InChI=1S/C7H2Br2F3/c8-5-3-1-2-4(6(5)9)7(10,11)12/h1,3H. The van der Waals surface area contributed by atoms with Gasteiger partial charge in [0.15, 0.2) is 0 Å². The summed E-state index contributed by atoms with van der Waals surface area (Å²) in [7, 11) is 0. The van der Waals surface area contributed by atoms with Gasteiger partial charge in [-0.05, 0) is 44.0 Å². The number of rotatable bonds is 0. The maximum Gasteiger partial charge on any atom is 0.418 e. The second-order valence-electron chi connectivity index (χ2n) is 2.01. The van der Waals surface area contributed by atoms with Gasteiger partial charge in [-0.3, -0.25) is 0 Å². The smallest absolute Gasteiger partial charge is 0.166 e. The van der Waals surface area contributed by atoms with Crippen molar-refractivity contribution < 1.29 is 13.2 Å². The van der Waals surface area contributed by atoms with Crippen LogP contribution in [0.15, 0.2) is 21.1 Å². The number of benzene rings is 1. The Morgan fingerprint density at radius 2 is 1.83 bits per heavy atom. The van der Waals surface area contributed by atoms with Crippen molar-refractivity contribution >= 4 is 31.9 Å². The van der Waals surface area contributed by atoms with Crippen molar-refractivity contribution in [2.24, 2.45) is 0 Å². The summed E-state index contributed by atoms with van der Waals surface area (Å²) < 4.78 is 36.8. The molecule has 0 atom stereocenters. The van der Waals surface area contributed by atoms with Crippen LogP contribution in [0, 0.1) is 6.07 Å². The molecule has 0 amide bonds. The van der Waals surface area contributed by atoms with Gasteiger partial charge in [0.1, 0.15) is 0 Å². The zero-order valence-corrected chi connectivity index (χ0v) is 8.72. The number of halogens is 5. The van der Waals surface area contributed by atoms with Crippen LogP contribution in [0.4, 0.5) is 13.2 Å². The van der Waals surface area contributed by atoms with E-state index in [1.165, 1.54) is 12.1 Å². The fourth-order valence-corrected chi connectivity index (χ4v) is 1.46. The molecule has 0 aliphatic carbocycles. The molecular weight excluding hydrogens is 301 g/mol. The minimum Gasteiger partial charge on any atom is -0.166 e. The highest BCUT2D eigenvalue weighted by atomic mass is 79.9. The fraction of sp³-hybridized carbons (Fsp3) is 0.143. The van der Waals surface area contributed by atoms with E-state index >= 15 is 0 Å². The van der Waals surface area contributed by atoms with E-state index in [9.17, 15) is 13.2 Å². The molecule has 1 aromatic carbocycles. The second-order valence-corrected chi connectivity index (χ2v) is 3.66. The van der Waals surface area contributed by atoms with Crippen molar-refractivity contribution in [3.05, 3.63) is 32.7 Å². The van der Waals surface area contributed by atoms with Crippen molar-refractivity contribution in [1.29, 1.82) is 0 Å². The van der Waals surface area contributed by atoms with Gasteiger partial charge in [0.05, 0.1) is 5.56 Å². The van der Waals surface area contributed by atoms with Crippen molar-refractivity contribution in [2.45, 2.75) is 6.18 Å². The molecular formula is C7H2Br2F3. The van der Waals surface area contributed by atoms with Gasteiger partial charge in [-0.15, -0.1) is 0 Å². The van der Waals surface area contributed by atoms with Crippen LogP contribution in [0.3, 0.4) is 0 Å². The first-order chi connectivity index (χ1) is 5.43. The third-order valence-corrected chi connectivity index (χ3v) is 3.19. The van der Waals surface area contributed by atoms with Crippen LogP contribution in [-0.2, 0) is 6.18 Å². The van der Waals surface area contributed by atoms with Crippen molar-refractivity contribution in [3.8, 4) is 0 Å². The predicted octanol–water partition coefficient (Wildman–Crippen LogP) is 4.03. The van der Waals surface area contributed by atoms with Gasteiger partial charge in [0.2, 0.25) is 0 Å². The molecule has 0 bridgehead atoms. The predicted molar refractivity (Wildman–Crippen MR) is 45.7 cm³/mol. The second kappa shape index (κ2) is 3.38. The van der Waals surface area contributed by atoms with E-state index in [0.717, 1.165) is 0 Å². The van der Waals surface area contributed by atoms with Crippen molar-refractivity contribution in [2.75, 3.05) is 0 Å². The average molecular weight is 303 g/mol. The lowest BCUT2D eigenvalue weighted by atomic mass is 10.2. The van der Waals surface area contributed by atoms with Crippen LogP contribution in [0.5, 0.6) is 0 Å². The molecule has 12 heavy (non-hydrogen) atoms. The summed E-state index contributed by atoms with van der Waals surface area (Å²) in [6.07, 6.45) is -4.36. The average Bonchev–Trinajstić information content (AvgIpc) is 1.92. The van der Waals surface area contributed by atoms with Crippen LogP contribution in [-0.4, -0.2) is 0 Å². The number of alkyl halides is 3. The summed E-state index contributed by atoms with van der Waals surface area (Å²) >= 11 is 5.79. The molecule has 0 aliphatic heterocycles. The zero-order valence-electron chi connectivity index (χ0n) is 5.54. The Kier molecular flexibility index (Phi) is 2.83. The molecule has 0 unspecified atom stereocenters. The van der Waals surface area contributed by atoms with E-state index in [2.05, 4.69) is 37.9 Å². The molecule has 0 N–H and O–H groups in total. The first-order valence-electron chi connectivity index (χ1n) is 2.86. The topological polar surface area (TPSA) is 0 Å². The van der Waals surface area contributed by atoms with Crippen LogP contribution in [0.25, 0.3) is 0 Å². The molecule has 1 aromatic rings. The molecule has 0 spiro atoms. The van der Waals surface area contributed by atoms with Gasteiger partial charge in [-0.2, -0.15) is 13.2 Å². The van der Waals surface area contributed by atoms with Gasteiger partial charge in [0.25, 0.3) is 0 Å². The normalized spacial score (nSPS) is 11.8. The molecule has 0 saturated carbocycles. The summed E-state index contributed by atoms with van der Waals surface area (Å²) in [4.78, 5) is 0. The Labute approximate surface area is 84.0 Å². The Balaban J connectivity index is 3.26. The number of hydrogen-bond acceptors (Lipinski definition) is 0. The molecule has 0 aromatic heterocycles. The molecule has 0 aliphatic rings. The Bertz CT molecular complexity index is 293. The van der Waals surface area contributed by atoms with Crippen LogP contribution < -0.4 is 0 Å². The van der Waals surface area contributed by atoms with E-state index in [1.54, 1.807) is 0 Å². The molecule has 1 radical (unpaired) electrons. The molecule has 65 valence electrons. The van der Waals surface area contributed by atoms with E-state index in [1.807, 2.05) is 0 Å². The van der Waals surface area contributed by atoms with Crippen LogP contribution >= 0.6 is 31.9 Å². The first-order valence-corrected chi connectivity index (χ1v) is 4.44. The highest BCUT2D eigenvalue weighted by Crippen LogP contribution is 2.37. The highest BCUT2D eigenvalue weighted by molar-refractivity contribution is 9.13. The highest BCUT2D eigenvalue weighted by Gasteiger charge is 2.33. The SMILES string of the molecule is FC(F)(F)c1[c]ccc(Br)c1Br. The first kappa shape index (κ1) is 10.1. The van der Waals surface area contributed by atoms with Gasteiger partial charge in [-0.1, -0.05) is 6.07 Å². The van der Waals surface area contributed by atoms with Crippen molar-refractivity contribution in [3.63, 3.8) is 0 Å². The maximum absolute atomic E-state index is 12.1. The molecule has 0 fully saturated rings. The summed E-state index contributed by atoms with van der Waals surface area (Å²) in [5, 5.41) is 0.